The quantitative estimate of drug-likeness (QED) is 0.606. The molecule has 0 amide bonds. The predicted octanol–water partition coefficient (Wildman–Crippen LogP) is 4.67. The largest absolute Gasteiger partial charge is 0.381 e. The Hall–Kier alpha value is -2.34. The van der Waals surface area contributed by atoms with Crippen LogP contribution in [0.3, 0.4) is 0 Å². The van der Waals surface area contributed by atoms with Crippen molar-refractivity contribution >= 4 is 27.3 Å². The molecule has 0 bridgehead atoms. The Morgan fingerprint density at radius 1 is 0.741 bits per heavy atom. The van der Waals surface area contributed by atoms with Gasteiger partial charge in [0.15, 0.2) is 0 Å². The first-order chi connectivity index (χ1) is 12.9. The number of rotatable bonds is 7. The number of halogens is 1. The minimum atomic E-state index is -3.18. The number of hydrogen-bond acceptors (Lipinski definition) is 3. The second kappa shape index (κ2) is 8.57. The van der Waals surface area contributed by atoms with Crippen LogP contribution < -0.4 is 10.0 Å². The van der Waals surface area contributed by atoms with E-state index in [1.54, 1.807) is 0 Å². The third kappa shape index (κ3) is 6.10. The molecule has 27 heavy (non-hydrogen) atoms. The van der Waals surface area contributed by atoms with Gasteiger partial charge in [0.1, 0.15) is 0 Å². The van der Waals surface area contributed by atoms with Gasteiger partial charge in [-0.25, -0.2) is 13.1 Å². The van der Waals surface area contributed by atoms with E-state index < -0.39 is 10.0 Å². The van der Waals surface area contributed by atoms with Gasteiger partial charge in [0.2, 0.25) is 10.0 Å². The maximum Gasteiger partial charge on any atom is 0.209 e. The lowest BCUT2D eigenvalue weighted by Gasteiger charge is -2.09. The summed E-state index contributed by atoms with van der Waals surface area (Å²) in [5.41, 5.74) is 5.36. The van der Waals surface area contributed by atoms with E-state index in [1.165, 1.54) is 5.56 Å². The molecule has 140 valence electrons. The smallest absolute Gasteiger partial charge is 0.209 e. The van der Waals surface area contributed by atoms with Gasteiger partial charge in [-0.2, -0.15) is 0 Å². The molecule has 6 heteroatoms. The van der Waals surface area contributed by atoms with Gasteiger partial charge in [-0.1, -0.05) is 60.1 Å². The lowest BCUT2D eigenvalue weighted by atomic mass is 10.0. The van der Waals surface area contributed by atoms with Crippen LogP contribution in [0.1, 0.15) is 11.1 Å². The van der Waals surface area contributed by atoms with Crippen LogP contribution in [0, 0.1) is 0 Å². The lowest BCUT2D eigenvalue weighted by Crippen LogP contribution is -2.21. The molecule has 3 rings (SSSR count). The SMILES string of the molecule is CS(=O)(=O)NCc1ccc(NCc2ccc(-c3ccc(Cl)cc3)cc2)cc1. The second-order valence-electron chi connectivity index (χ2n) is 6.35. The fourth-order valence-electron chi connectivity index (χ4n) is 2.62. The van der Waals surface area contributed by atoms with E-state index >= 15 is 0 Å². The van der Waals surface area contributed by atoms with Gasteiger partial charge in [0.05, 0.1) is 6.26 Å². The van der Waals surface area contributed by atoms with Crippen molar-refractivity contribution in [1.29, 1.82) is 0 Å². The van der Waals surface area contributed by atoms with Gasteiger partial charge in [0.25, 0.3) is 0 Å². The van der Waals surface area contributed by atoms with Crippen LogP contribution in [0.15, 0.2) is 72.8 Å². The molecule has 0 atom stereocenters. The number of benzene rings is 3. The highest BCUT2D eigenvalue weighted by Gasteiger charge is 2.02. The molecule has 3 aromatic carbocycles. The standard InChI is InChI=1S/C21H21ClN2O2S/c1-27(25,26)24-15-17-4-12-21(13-5-17)23-14-16-2-6-18(7-3-16)19-8-10-20(22)11-9-19/h2-13,23-24H,14-15H2,1H3. The monoisotopic (exact) mass is 400 g/mol. The van der Waals surface area contributed by atoms with E-state index in [9.17, 15) is 8.42 Å². The van der Waals surface area contributed by atoms with E-state index in [4.69, 9.17) is 11.6 Å². The molecule has 0 saturated heterocycles. The third-order valence-electron chi connectivity index (χ3n) is 4.12. The number of nitrogens with one attached hydrogen (secondary N) is 2. The van der Waals surface area contributed by atoms with Crippen LogP contribution in [-0.4, -0.2) is 14.7 Å². The summed E-state index contributed by atoms with van der Waals surface area (Å²) < 4.78 is 24.7. The summed E-state index contributed by atoms with van der Waals surface area (Å²) in [5, 5.41) is 4.11. The van der Waals surface area contributed by atoms with Crippen molar-refractivity contribution in [3.05, 3.63) is 88.9 Å². The van der Waals surface area contributed by atoms with Crippen molar-refractivity contribution in [2.45, 2.75) is 13.1 Å². The highest BCUT2D eigenvalue weighted by Crippen LogP contribution is 2.22. The average molecular weight is 401 g/mol. The number of sulfonamides is 1. The molecule has 0 radical (unpaired) electrons. The highest BCUT2D eigenvalue weighted by atomic mass is 35.5. The summed E-state index contributed by atoms with van der Waals surface area (Å²) in [4.78, 5) is 0. The van der Waals surface area contributed by atoms with Gasteiger partial charge >= 0.3 is 0 Å². The average Bonchev–Trinajstić information content (AvgIpc) is 2.66. The Morgan fingerprint density at radius 2 is 1.22 bits per heavy atom. The van der Waals surface area contributed by atoms with Crippen molar-refractivity contribution in [1.82, 2.24) is 4.72 Å². The summed E-state index contributed by atoms with van der Waals surface area (Å²) >= 11 is 5.93. The van der Waals surface area contributed by atoms with Gasteiger partial charge < -0.3 is 5.32 Å². The highest BCUT2D eigenvalue weighted by molar-refractivity contribution is 7.88. The fraction of sp³-hybridized carbons (Fsp3) is 0.143. The van der Waals surface area contributed by atoms with Gasteiger partial charge in [-0.3, -0.25) is 0 Å². The molecule has 0 heterocycles. The molecule has 0 aromatic heterocycles. The fourth-order valence-corrected chi connectivity index (χ4v) is 3.17. The molecule has 4 nitrogen and oxygen atoms in total. The minimum absolute atomic E-state index is 0.297. The van der Waals surface area contributed by atoms with Gasteiger partial charge in [-0.05, 0) is 46.5 Å². The van der Waals surface area contributed by atoms with E-state index in [-0.39, 0.29) is 0 Å². The van der Waals surface area contributed by atoms with E-state index in [0.29, 0.717) is 13.1 Å². The molecule has 0 aliphatic rings. The zero-order chi connectivity index (χ0) is 19.3. The zero-order valence-electron chi connectivity index (χ0n) is 14.9. The predicted molar refractivity (Wildman–Crippen MR) is 112 cm³/mol. The number of hydrogen-bond donors (Lipinski definition) is 2. The van der Waals surface area contributed by atoms with Crippen molar-refractivity contribution in [2.75, 3.05) is 11.6 Å². The van der Waals surface area contributed by atoms with Crippen LogP contribution in [-0.2, 0) is 23.1 Å². The minimum Gasteiger partial charge on any atom is -0.381 e. The van der Waals surface area contributed by atoms with E-state index in [2.05, 4.69) is 34.3 Å². The zero-order valence-corrected chi connectivity index (χ0v) is 16.5. The summed E-state index contributed by atoms with van der Waals surface area (Å²) in [6.45, 7) is 1.01. The normalized spacial score (nSPS) is 11.3. The molecule has 0 unspecified atom stereocenters. The molecule has 2 N–H and O–H groups in total. The van der Waals surface area contributed by atoms with E-state index in [1.807, 2.05) is 48.5 Å². The summed E-state index contributed by atoms with van der Waals surface area (Å²) in [5.74, 6) is 0. The molecule has 0 aliphatic carbocycles. The Morgan fingerprint density at radius 3 is 1.78 bits per heavy atom. The van der Waals surface area contributed by atoms with Crippen molar-refractivity contribution in [3.8, 4) is 11.1 Å². The molecule has 3 aromatic rings. The van der Waals surface area contributed by atoms with Crippen LogP contribution in [0.4, 0.5) is 5.69 Å². The summed E-state index contributed by atoms with van der Waals surface area (Å²) in [7, 11) is -3.18. The topological polar surface area (TPSA) is 58.2 Å². The van der Waals surface area contributed by atoms with E-state index in [0.717, 1.165) is 33.7 Å². The molecular weight excluding hydrogens is 380 g/mol. The lowest BCUT2D eigenvalue weighted by molar-refractivity contribution is 0.587. The van der Waals surface area contributed by atoms with Crippen molar-refractivity contribution in [3.63, 3.8) is 0 Å². The summed E-state index contributed by atoms with van der Waals surface area (Å²) in [6, 6.07) is 23.9. The molecule has 0 spiro atoms. The molecule has 0 fully saturated rings. The van der Waals surface area contributed by atoms with Gasteiger partial charge in [-0.15, -0.1) is 0 Å². The first-order valence-electron chi connectivity index (χ1n) is 8.51. The van der Waals surface area contributed by atoms with Crippen molar-refractivity contribution in [2.24, 2.45) is 0 Å². The molecule has 0 aliphatic heterocycles. The Kier molecular flexibility index (Phi) is 6.16. The Bertz CT molecular complexity index is 984. The van der Waals surface area contributed by atoms with Gasteiger partial charge in [0, 0.05) is 23.8 Å². The third-order valence-corrected chi connectivity index (χ3v) is 5.04. The van der Waals surface area contributed by atoms with Crippen LogP contribution in [0.2, 0.25) is 5.02 Å². The Balaban J connectivity index is 1.56. The summed E-state index contributed by atoms with van der Waals surface area (Å²) in [6.07, 6.45) is 1.15. The Labute approximate surface area is 165 Å². The van der Waals surface area contributed by atoms with Crippen LogP contribution in [0.5, 0.6) is 0 Å². The number of anilines is 1. The van der Waals surface area contributed by atoms with Crippen molar-refractivity contribution < 1.29 is 8.42 Å². The molecule has 0 saturated carbocycles. The van der Waals surface area contributed by atoms with Crippen LogP contribution >= 0.6 is 11.6 Å². The van der Waals surface area contributed by atoms with Crippen LogP contribution in [0.25, 0.3) is 11.1 Å². The maximum atomic E-state index is 11.1. The first-order valence-corrected chi connectivity index (χ1v) is 10.8. The maximum absolute atomic E-state index is 11.1. The second-order valence-corrected chi connectivity index (χ2v) is 8.62. The first kappa shape index (κ1) is 19.4. The molecular formula is C21H21ClN2O2S.